The van der Waals surface area contributed by atoms with Crippen molar-refractivity contribution in [3.63, 3.8) is 0 Å². The third-order valence-electron chi connectivity index (χ3n) is 9.88. The summed E-state index contributed by atoms with van der Waals surface area (Å²) in [5, 5.41) is 11.6. The summed E-state index contributed by atoms with van der Waals surface area (Å²) in [5.41, 5.74) is 11.6. The fraction of sp³-hybridized carbons (Fsp3) is 0. The molecule has 0 bridgehead atoms. The van der Waals surface area contributed by atoms with Gasteiger partial charge in [0.05, 0.1) is 16.9 Å². The van der Waals surface area contributed by atoms with Crippen LogP contribution in [-0.2, 0) is 0 Å². The molecule has 3 heterocycles. The zero-order valence-electron chi connectivity index (χ0n) is 28.6. The van der Waals surface area contributed by atoms with E-state index in [0.717, 1.165) is 83.0 Å². The van der Waals surface area contributed by atoms with Crippen molar-refractivity contribution < 1.29 is 4.42 Å². The molecule has 0 saturated carbocycles. The van der Waals surface area contributed by atoms with Crippen LogP contribution in [0.2, 0.25) is 0 Å². The van der Waals surface area contributed by atoms with Crippen LogP contribution in [0, 0.1) is 5.41 Å². The first kappa shape index (κ1) is 31.7. The molecule has 10 rings (SSSR count). The number of aromatic nitrogens is 4. The Morgan fingerprint density at radius 1 is 0.500 bits per heavy atom. The number of benzene rings is 6. The van der Waals surface area contributed by atoms with E-state index in [4.69, 9.17) is 29.8 Å². The van der Waals surface area contributed by atoms with Gasteiger partial charge in [0.15, 0.2) is 17.5 Å². The van der Waals surface area contributed by atoms with Gasteiger partial charge in [0.25, 0.3) is 0 Å². The van der Waals surface area contributed by atoms with E-state index in [2.05, 4.69) is 65.7 Å². The number of rotatable bonds is 5. The number of furan rings is 1. The second kappa shape index (κ2) is 12.9. The number of para-hydroxylation sites is 3. The number of hydrogen-bond acceptors (Lipinski definition) is 8. The minimum atomic E-state index is 0.313. The van der Waals surface area contributed by atoms with Gasteiger partial charge in [-0.05, 0) is 42.7 Å². The molecule has 0 amide bonds. The number of thiol groups is 1. The van der Waals surface area contributed by atoms with Gasteiger partial charge in [0, 0.05) is 55.1 Å². The molecule has 1 aliphatic rings. The number of allylic oxidation sites excluding steroid dienone is 1. The van der Waals surface area contributed by atoms with E-state index in [0.29, 0.717) is 28.9 Å². The molecular formula is C46H28N6OS. The fourth-order valence-corrected chi connectivity index (χ4v) is 7.46. The second-order valence-corrected chi connectivity index (χ2v) is 13.3. The van der Waals surface area contributed by atoms with Gasteiger partial charge in [-0.2, -0.15) is 0 Å². The van der Waals surface area contributed by atoms with E-state index < -0.39 is 0 Å². The quantitative estimate of drug-likeness (QED) is 0.173. The van der Waals surface area contributed by atoms with Crippen molar-refractivity contribution in [3.05, 3.63) is 163 Å². The van der Waals surface area contributed by atoms with Crippen LogP contribution in [0.4, 0.5) is 0 Å². The third kappa shape index (κ3) is 5.31. The standard InChI is InChI=1S/C46H28N6OS/c47-37-26-25-36-40(42(37)52-54)35-12-4-6-15-38(35)48-41(36)28-19-23-31(24-20-28)46-50-44(29-9-2-1-3-10-29)49-45(51-46)30-21-17-27(18-22-30)32-13-8-14-34-33-11-5-7-16-39(33)53-43(32)34/h1-26,47,54H. The first-order valence-electron chi connectivity index (χ1n) is 17.5. The summed E-state index contributed by atoms with van der Waals surface area (Å²) in [7, 11) is 0. The van der Waals surface area contributed by atoms with E-state index in [9.17, 15) is 0 Å². The summed E-state index contributed by atoms with van der Waals surface area (Å²) in [6.07, 6.45) is 3.69. The smallest absolute Gasteiger partial charge is 0.164 e. The maximum Gasteiger partial charge on any atom is 0.164 e. The van der Waals surface area contributed by atoms with Gasteiger partial charge in [-0.25, -0.2) is 24.3 Å². The van der Waals surface area contributed by atoms with Gasteiger partial charge < -0.3 is 4.42 Å². The Bertz CT molecular complexity index is 3000. The average Bonchev–Trinajstić information content (AvgIpc) is 3.63. The monoisotopic (exact) mass is 712 g/mol. The molecule has 0 radical (unpaired) electrons. The topological polar surface area (TPSA) is 101 Å². The summed E-state index contributed by atoms with van der Waals surface area (Å²) in [5.74, 6) is 1.73. The van der Waals surface area contributed by atoms with Crippen molar-refractivity contribution in [1.29, 1.82) is 5.41 Å². The van der Waals surface area contributed by atoms with Crippen LogP contribution < -0.4 is 0 Å². The first-order valence-corrected chi connectivity index (χ1v) is 17.9. The van der Waals surface area contributed by atoms with Crippen LogP contribution in [0.1, 0.15) is 11.1 Å². The molecule has 254 valence electrons. The largest absolute Gasteiger partial charge is 0.455 e. The Balaban J connectivity index is 1.05. The highest BCUT2D eigenvalue weighted by molar-refractivity contribution is 7.79. The molecule has 7 nitrogen and oxygen atoms in total. The number of hydrogen-bond donors (Lipinski definition) is 2. The van der Waals surface area contributed by atoms with Gasteiger partial charge in [0.1, 0.15) is 16.9 Å². The van der Waals surface area contributed by atoms with Crippen molar-refractivity contribution in [1.82, 2.24) is 19.9 Å². The molecule has 1 N–H and O–H groups in total. The molecule has 6 aromatic carbocycles. The predicted octanol–water partition coefficient (Wildman–Crippen LogP) is 11.3. The minimum Gasteiger partial charge on any atom is -0.455 e. The maximum absolute atomic E-state index is 8.50. The predicted molar refractivity (Wildman–Crippen MR) is 222 cm³/mol. The van der Waals surface area contributed by atoms with Crippen molar-refractivity contribution in [2.24, 2.45) is 4.40 Å². The molecule has 0 saturated heterocycles. The van der Waals surface area contributed by atoms with Crippen LogP contribution in [0.15, 0.2) is 160 Å². The van der Waals surface area contributed by atoms with Gasteiger partial charge in [-0.3, -0.25) is 5.41 Å². The Morgan fingerprint density at radius 2 is 1.07 bits per heavy atom. The molecule has 0 unspecified atom stereocenters. The maximum atomic E-state index is 8.50. The fourth-order valence-electron chi connectivity index (χ4n) is 7.25. The summed E-state index contributed by atoms with van der Waals surface area (Å²) in [6.45, 7) is 0. The summed E-state index contributed by atoms with van der Waals surface area (Å²) in [6, 6.07) is 48.7. The third-order valence-corrected chi connectivity index (χ3v) is 10.1. The van der Waals surface area contributed by atoms with Crippen LogP contribution in [-0.4, -0.2) is 31.4 Å². The second-order valence-electron chi connectivity index (χ2n) is 13.1. The lowest BCUT2D eigenvalue weighted by molar-refractivity contribution is 0.670. The molecule has 0 atom stereocenters. The molecule has 8 heteroatoms. The van der Waals surface area contributed by atoms with Crippen LogP contribution in [0.3, 0.4) is 0 Å². The van der Waals surface area contributed by atoms with Crippen molar-refractivity contribution in [2.75, 3.05) is 0 Å². The molecule has 0 aliphatic heterocycles. The Hall–Kier alpha value is -7.03. The molecule has 1 aliphatic carbocycles. The lowest BCUT2D eigenvalue weighted by atomic mass is 9.88. The highest BCUT2D eigenvalue weighted by Gasteiger charge is 2.24. The number of fused-ring (bicyclic) bond motifs is 6. The zero-order valence-corrected chi connectivity index (χ0v) is 29.5. The van der Waals surface area contributed by atoms with Gasteiger partial charge in [-0.1, -0.05) is 133 Å². The summed E-state index contributed by atoms with van der Waals surface area (Å²) in [4.78, 5) is 20.0. The molecule has 0 spiro atoms. The van der Waals surface area contributed by atoms with E-state index in [-0.39, 0.29) is 0 Å². The number of nitrogens with zero attached hydrogens (tertiary/aromatic N) is 5. The Morgan fingerprint density at radius 3 is 1.78 bits per heavy atom. The first-order chi connectivity index (χ1) is 26.6. The summed E-state index contributed by atoms with van der Waals surface area (Å²) >= 11 is 4.23. The minimum absolute atomic E-state index is 0.313. The highest BCUT2D eigenvalue weighted by atomic mass is 32.1. The Kier molecular flexibility index (Phi) is 7.56. The van der Waals surface area contributed by atoms with Crippen LogP contribution in [0.5, 0.6) is 0 Å². The van der Waals surface area contributed by atoms with E-state index in [1.54, 1.807) is 6.08 Å². The van der Waals surface area contributed by atoms with Gasteiger partial charge in [0.2, 0.25) is 0 Å². The SMILES string of the molecule is N=C1C=Cc2c(-c3ccc(-c4nc(-c5ccccc5)nc(-c5ccc(-c6cccc7c6oc6ccccc67)cc5)n4)cc3)nc3ccccc3c2C1=NS. The molecule has 54 heavy (non-hydrogen) atoms. The zero-order chi connectivity index (χ0) is 36.2. The lowest BCUT2D eigenvalue weighted by Crippen LogP contribution is -2.18. The Labute approximate surface area is 315 Å². The molecule has 9 aromatic rings. The summed E-state index contributed by atoms with van der Waals surface area (Å²) < 4.78 is 10.5. The van der Waals surface area contributed by atoms with Gasteiger partial charge in [-0.15, -0.1) is 0 Å². The number of pyridine rings is 1. The highest BCUT2D eigenvalue weighted by Crippen LogP contribution is 2.38. The van der Waals surface area contributed by atoms with E-state index in [1.807, 2.05) is 103 Å². The lowest BCUT2D eigenvalue weighted by Gasteiger charge is -2.19. The molecule has 0 fully saturated rings. The number of nitrogens with one attached hydrogen (secondary N) is 1. The van der Waals surface area contributed by atoms with Gasteiger partial charge >= 0.3 is 0 Å². The van der Waals surface area contributed by atoms with Crippen LogP contribution >= 0.6 is 12.8 Å². The molecule has 3 aromatic heterocycles. The van der Waals surface area contributed by atoms with Crippen LogP contribution in [0.25, 0.3) is 95.5 Å². The average molecular weight is 713 g/mol. The van der Waals surface area contributed by atoms with Crippen molar-refractivity contribution >= 4 is 63.2 Å². The molecular weight excluding hydrogens is 685 g/mol. The van der Waals surface area contributed by atoms with Crippen molar-refractivity contribution in [3.8, 4) is 56.5 Å². The normalized spacial score (nSPS) is 13.3. The van der Waals surface area contributed by atoms with Crippen molar-refractivity contribution in [2.45, 2.75) is 0 Å². The van der Waals surface area contributed by atoms with E-state index >= 15 is 0 Å². The van der Waals surface area contributed by atoms with E-state index in [1.165, 1.54) is 0 Å².